The molecule has 4 heteroatoms. The highest BCUT2D eigenvalue weighted by Gasteiger charge is 2.34. The van der Waals surface area contributed by atoms with Crippen molar-refractivity contribution in [1.82, 2.24) is 5.32 Å². The smallest absolute Gasteiger partial charge is 0.158 e. The predicted octanol–water partition coefficient (Wildman–Crippen LogP) is 2.44. The lowest BCUT2D eigenvalue weighted by Crippen LogP contribution is -2.45. The van der Waals surface area contributed by atoms with Crippen LogP contribution in [0.15, 0.2) is 24.3 Å². The van der Waals surface area contributed by atoms with Gasteiger partial charge in [-0.25, -0.2) is 8.42 Å². The minimum Gasteiger partial charge on any atom is -0.316 e. The zero-order valence-corrected chi connectivity index (χ0v) is 12.5. The van der Waals surface area contributed by atoms with Crippen molar-refractivity contribution in [3.63, 3.8) is 0 Å². The summed E-state index contributed by atoms with van der Waals surface area (Å²) < 4.78 is 25.2. The summed E-state index contributed by atoms with van der Waals surface area (Å²) in [7, 11) is -1.21. The number of aryl methyl sites for hydroxylation is 1. The first-order valence-electron chi connectivity index (χ1n) is 6.97. The van der Waals surface area contributed by atoms with Crippen LogP contribution in [0.4, 0.5) is 0 Å². The normalized spacial score (nSPS) is 24.3. The first kappa shape index (κ1) is 14.5. The summed E-state index contributed by atoms with van der Waals surface area (Å²) in [6, 6.07) is 7.91. The third kappa shape index (κ3) is 3.57. The van der Waals surface area contributed by atoms with E-state index in [0.29, 0.717) is 0 Å². The van der Waals surface area contributed by atoms with Gasteiger partial charge in [0.05, 0.1) is 11.0 Å². The fourth-order valence-corrected chi connectivity index (χ4v) is 5.15. The Bertz CT molecular complexity index is 525. The predicted molar refractivity (Wildman–Crippen MR) is 78.9 cm³/mol. The van der Waals surface area contributed by atoms with Crippen molar-refractivity contribution in [1.29, 1.82) is 0 Å². The molecule has 1 fully saturated rings. The quantitative estimate of drug-likeness (QED) is 0.922. The van der Waals surface area contributed by atoms with Gasteiger partial charge in [0.25, 0.3) is 0 Å². The molecule has 1 aliphatic rings. The molecular weight excluding hydrogens is 258 g/mol. The highest BCUT2D eigenvalue weighted by Crippen LogP contribution is 2.26. The Morgan fingerprint density at radius 2 is 2.00 bits per heavy atom. The molecule has 0 saturated heterocycles. The Kier molecular flexibility index (Phi) is 4.63. The van der Waals surface area contributed by atoms with E-state index in [4.69, 9.17) is 0 Å². The van der Waals surface area contributed by atoms with Gasteiger partial charge in [-0.05, 0) is 32.4 Å². The van der Waals surface area contributed by atoms with Gasteiger partial charge in [0.1, 0.15) is 0 Å². The van der Waals surface area contributed by atoms with Gasteiger partial charge < -0.3 is 5.32 Å². The molecule has 0 radical (unpaired) electrons. The standard InChI is InChI=1S/C15H23NO2S/c1-12-6-5-7-13(10-12)11-19(17,18)15-9-4-3-8-14(15)16-2/h5-7,10,14-16H,3-4,8-9,11H2,1-2H3. The van der Waals surface area contributed by atoms with Crippen LogP contribution in [0.1, 0.15) is 36.8 Å². The molecule has 0 spiro atoms. The summed E-state index contributed by atoms with van der Waals surface area (Å²) >= 11 is 0. The Labute approximate surface area is 116 Å². The molecule has 2 atom stereocenters. The molecule has 1 aromatic carbocycles. The Hall–Kier alpha value is -0.870. The molecule has 2 unspecified atom stereocenters. The number of sulfone groups is 1. The van der Waals surface area contributed by atoms with Crippen LogP contribution in [0.2, 0.25) is 0 Å². The van der Waals surface area contributed by atoms with Crippen LogP contribution in [-0.2, 0) is 15.6 Å². The first-order valence-corrected chi connectivity index (χ1v) is 8.69. The summed E-state index contributed by atoms with van der Waals surface area (Å²) in [4.78, 5) is 0. The average Bonchev–Trinajstić information content (AvgIpc) is 2.38. The third-order valence-corrected chi connectivity index (χ3v) is 6.21. The molecule has 0 amide bonds. The molecule has 0 bridgehead atoms. The zero-order chi connectivity index (χ0) is 13.9. The van der Waals surface area contributed by atoms with E-state index in [1.165, 1.54) is 0 Å². The number of hydrogen-bond acceptors (Lipinski definition) is 3. The number of hydrogen-bond donors (Lipinski definition) is 1. The van der Waals surface area contributed by atoms with Crippen LogP contribution in [-0.4, -0.2) is 26.8 Å². The Morgan fingerprint density at radius 1 is 1.26 bits per heavy atom. The lowest BCUT2D eigenvalue weighted by Gasteiger charge is -2.30. The average molecular weight is 281 g/mol. The molecule has 0 heterocycles. The minimum absolute atomic E-state index is 0.114. The molecule has 19 heavy (non-hydrogen) atoms. The van der Waals surface area contributed by atoms with Crippen molar-refractivity contribution in [3.05, 3.63) is 35.4 Å². The van der Waals surface area contributed by atoms with E-state index < -0.39 is 9.84 Å². The lowest BCUT2D eigenvalue weighted by molar-refractivity contribution is 0.389. The van der Waals surface area contributed by atoms with Gasteiger partial charge in [0.2, 0.25) is 0 Å². The second-order valence-electron chi connectivity index (χ2n) is 5.51. The molecule has 106 valence electrons. The second-order valence-corrected chi connectivity index (χ2v) is 7.73. The maximum atomic E-state index is 12.6. The minimum atomic E-state index is -3.08. The van der Waals surface area contributed by atoms with Gasteiger partial charge >= 0.3 is 0 Å². The third-order valence-electron chi connectivity index (χ3n) is 3.98. The number of nitrogens with one attached hydrogen (secondary N) is 1. The van der Waals surface area contributed by atoms with E-state index in [1.807, 2.05) is 38.2 Å². The van der Waals surface area contributed by atoms with E-state index in [0.717, 1.165) is 36.8 Å². The van der Waals surface area contributed by atoms with E-state index in [-0.39, 0.29) is 17.0 Å². The monoisotopic (exact) mass is 281 g/mol. The first-order chi connectivity index (χ1) is 9.03. The van der Waals surface area contributed by atoms with E-state index in [2.05, 4.69) is 5.32 Å². The number of rotatable bonds is 4. The van der Waals surface area contributed by atoms with E-state index >= 15 is 0 Å². The van der Waals surface area contributed by atoms with Crippen molar-refractivity contribution in [2.24, 2.45) is 0 Å². The van der Waals surface area contributed by atoms with Crippen LogP contribution in [0, 0.1) is 6.92 Å². The summed E-state index contributed by atoms with van der Waals surface area (Å²) in [5.74, 6) is 0.164. The fraction of sp³-hybridized carbons (Fsp3) is 0.600. The van der Waals surface area contributed by atoms with Crippen molar-refractivity contribution in [2.75, 3.05) is 7.05 Å². The fourth-order valence-electron chi connectivity index (χ4n) is 3.00. The molecule has 2 rings (SSSR count). The van der Waals surface area contributed by atoms with Gasteiger partial charge in [0.15, 0.2) is 9.84 Å². The van der Waals surface area contributed by atoms with Gasteiger partial charge in [-0.3, -0.25) is 0 Å². The van der Waals surface area contributed by atoms with Crippen molar-refractivity contribution >= 4 is 9.84 Å². The van der Waals surface area contributed by atoms with Crippen molar-refractivity contribution in [2.45, 2.75) is 49.7 Å². The molecule has 1 N–H and O–H groups in total. The second kappa shape index (κ2) is 6.06. The van der Waals surface area contributed by atoms with Crippen molar-refractivity contribution < 1.29 is 8.42 Å². The highest BCUT2D eigenvalue weighted by molar-refractivity contribution is 7.91. The topological polar surface area (TPSA) is 46.2 Å². The zero-order valence-electron chi connectivity index (χ0n) is 11.7. The van der Waals surface area contributed by atoms with Crippen LogP contribution in [0.25, 0.3) is 0 Å². The van der Waals surface area contributed by atoms with Crippen molar-refractivity contribution in [3.8, 4) is 0 Å². The van der Waals surface area contributed by atoms with Crippen LogP contribution in [0.3, 0.4) is 0 Å². The summed E-state index contributed by atoms with van der Waals surface area (Å²) in [6.07, 6.45) is 3.91. The van der Waals surface area contributed by atoms with Crippen LogP contribution in [0.5, 0.6) is 0 Å². The molecule has 0 aliphatic heterocycles. The summed E-state index contributed by atoms with van der Waals surface area (Å²) in [5, 5.41) is 2.95. The molecule has 0 aromatic heterocycles. The van der Waals surface area contributed by atoms with Crippen LogP contribution < -0.4 is 5.32 Å². The largest absolute Gasteiger partial charge is 0.316 e. The molecule has 1 saturated carbocycles. The maximum Gasteiger partial charge on any atom is 0.158 e. The van der Waals surface area contributed by atoms with Gasteiger partial charge in [-0.1, -0.05) is 42.7 Å². The summed E-state index contributed by atoms with van der Waals surface area (Å²) in [5.41, 5.74) is 2.02. The van der Waals surface area contributed by atoms with Gasteiger partial charge in [-0.2, -0.15) is 0 Å². The SMILES string of the molecule is CNC1CCCCC1S(=O)(=O)Cc1cccc(C)c1. The van der Waals surface area contributed by atoms with Gasteiger partial charge in [0, 0.05) is 6.04 Å². The number of benzene rings is 1. The Balaban J connectivity index is 2.17. The maximum absolute atomic E-state index is 12.6. The van der Waals surface area contributed by atoms with E-state index in [1.54, 1.807) is 0 Å². The Morgan fingerprint density at radius 3 is 2.68 bits per heavy atom. The molecule has 1 aliphatic carbocycles. The van der Waals surface area contributed by atoms with E-state index in [9.17, 15) is 8.42 Å². The lowest BCUT2D eigenvalue weighted by atomic mass is 9.95. The molecule has 3 nitrogen and oxygen atoms in total. The molecule has 1 aromatic rings. The van der Waals surface area contributed by atoms with Crippen LogP contribution >= 0.6 is 0 Å². The highest BCUT2D eigenvalue weighted by atomic mass is 32.2. The molecular formula is C15H23NO2S. The van der Waals surface area contributed by atoms with Gasteiger partial charge in [-0.15, -0.1) is 0 Å². The summed E-state index contributed by atoms with van der Waals surface area (Å²) in [6.45, 7) is 1.99.